The number of hydrogen-bond donors (Lipinski definition) is 3. The molecule has 1 saturated heterocycles. The van der Waals surface area contributed by atoms with Gasteiger partial charge in [-0.3, -0.25) is 9.69 Å². The summed E-state index contributed by atoms with van der Waals surface area (Å²) in [5.74, 6) is 2.45. The van der Waals surface area contributed by atoms with E-state index in [2.05, 4.69) is 20.4 Å². The summed E-state index contributed by atoms with van der Waals surface area (Å²) < 4.78 is 11.4. The van der Waals surface area contributed by atoms with E-state index in [1.165, 1.54) is 0 Å². The SMILES string of the molecule is Cc1cc(OCCCC2CCN(c3noc(C(C)N(C)C)n3)CC2)ccc1C(=O)NCC(O)CO. The molecule has 1 fully saturated rings. The highest BCUT2D eigenvalue weighted by molar-refractivity contribution is 5.95. The molecule has 2 heterocycles. The number of aromatic nitrogens is 2. The first kappa shape index (κ1) is 26.9. The molecule has 0 radical (unpaired) electrons. The Bertz CT molecular complexity index is 942. The van der Waals surface area contributed by atoms with Gasteiger partial charge < -0.3 is 29.7 Å². The first-order valence-corrected chi connectivity index (χ1v) is 12.3. The molecule has 1 aliphatic heterocycles. The fourth-order valence-corrected chi connectivity index (χ4v) is 4.08. The Hall–Kier alpha value is -2.69. The molecular formula is C25H39N5O5. The maximum absolute atomic E-state index is 12.2. The van der Waals surface area contributed by atoms with Crippen LogP contribution < -0.4 is 15.0 Å². The van der Waals surface area contributed by atoms with E-state index in [9.17, 15) is 9.90 Å². The van der Waals surface area contributed by atoms with E-state index in [1.807, 2.05) is 38.9 Å². The lowest BCUT2D eigenvalue weighted by atomic mass is 9.92. The van der Waals surface area contributed by atoms with Crippen molar-refractivity contribution in [2.75, 3.05) is 51.8 Å². The van der Waals surface area contributed by atoms with E-state index in [0.29, 0.717) is 29.9 Å². The molecule has 0 bridgehead atoms. The Morgan fingerprint density at radius 1 is 1.34 bits per heavy atom. The minimum Gasteiger partial charge on any atom is -0.494 e. The van der Waals surface area contributed by atoms with Gasteiger partial charge in [-0.05, 0) is 88.5 Å². The summed E-state index contributed by atoms with van der Waals surface area (Å²) in [6.07, 6.45) is 3.31. The molecule has 0 spiro atoms. The second-order valence-electron chi connectivity index (χ2n) is 9.52. The molecule has 1 amide bonds. The third-order valence-electron chi connectivity index (χ3n) is 6.64. The van der Waals surface area contributed by atoms with Gasteiger partial charge in [0, 0.05) is 25.2 Å². The van der Waals surface area contributed by atoms with E-state index in [1.54, 1.807) is 12.1 Å². The van der Waals surface area contributed by atoms with Gasteiger partial charge in [0.2, 0.25) is 5.89 Å². The summed E-state index contributed by atoms with van der Waals surface area (Å²) in [6, 6.07) is 5.46. The average Bonchev–Trinajstić information content (AvgIpc) is 3.35. The summed E-state index contributed by atoms with van der Waals surface area (Å²) in [5.41, 5.74) is 1.33. The maximum Gasteiger partial charge on any atom is 0.266 e. The molecule has 0 aliphatic carbocycles. The zero-order chi connectivity index (χ0) is 25.4. The van der Waals surface area contributed by atoms with Gasteiger partial charge in [-0.15, -0.1) is 0 Å². The molecular weight excluding hydrogens is 450 g/mol. The third kappa shape index (κ3) is 7.65. The normalized spacial score (nSPS) is 16.4. The van der Waals surface area contributed by atoms with Gasteiger partial charge in [-0.25, -0.2) is 0 Å². The Kier molecular flexibility index (Phi) is 9.88. The van der Waals surface area contributed by atoms with Gasteiger partial charge in [-0.1, -0.05) is 0 Å². The lowest BCUT2D eigenvalue weighted by Crippen LogP contribution is -2.34. The van der Waals surface area contributed by atoms with Crippen molar-refractivity contribution in [3.8, 4) is 5.75 Å². The van der Waals surface area contributed by atoms with Crippen molar-refractivity contribution >= 4 is 11.9 Å². The Labute approximate surface area is 207 Å². The largest absolute Gasteiger partial charge is 0.494 e. The van der Waals surface area contributed by atoms with Crippen LogP contribution in [-0.2, 0) is 0 Å². The predicted molar refractivity (Wildman–Crippen MR) is 133 cm³/mol. The standard InChI is InChI=1S/C25H39N5O5/c1-17-14-21(7-8-22(17)23(33)26-15-20(32)16-31)34-13-5-6-19-9-11-30(12-10-19)25-27-24(35-28-25)18(2)29(3)4/h7-8,14,18-20,31-32H,5-6,9-13,15-16H2,1-4H3,(H,26,33). The van der Waals surface area contributed by atoms with Crippen molar-refractivity contribution in [1.29, 1.82) is 0 Å². The van der Waals surface area contributed by atoms with Crippen LogP contribution in [0, 0.1) is 12.8 Å². The second kappa shape index (κ2) is 12.9. The number of carbonyl (C=O) groups is 1. The van der Waals surface area contributed by atoms with Crippen LogP contribution >= 0.6 is 0 Å². The van der Waals surface area contributed by atoms with Crippen LogP contribution in [0.3, 0.4) is 0 Å². The number of benzene rings is 1. The van der Waals surface area contributed by atoms with E-state index >= 15 is 0 Å². The number of ether oxygens (including phenoxy) is 1. The van der Waals surface area contributed by atoms with Crippen LogP contribution in [0.1, 0.15) is 60.5 Å². The van der Waals surface area contributed by atoms with Crippen molar-refractivity contribution in [1.82, 2.24) is 20.4 Å². The predicted octanol–water partition coefficient (Wildman–Crippen LogP) is 2.16. The molecule has 3 rings (SSSR count). The number of nitrogens with zero attached hydrogens (tertiary/aromatic N) is 4. The van der Waals surface area contributed by atoms with Crippen molar-refractivity contribution in [3.05, 3.63) is 35.2 Å². The number of anilines is 1. The van der Waals surface area contributed by atoms with Gasteiger partial charge in [0.05, 0.1) is 25.4 Å². The van der Waals surface area contributed by atoms with Gasteiger partial charge in [-0.2, -0.15) is 4.98 Å². The number of piperidine rings is 1. The molecule has 2 atom stereocenters. The molecule has 0 saturated carbocycles. The molecule has 1 aliphatic rings. The third-order valence-corrected chi connectivity index (χ3v) is 6.64. The highest BCUT2D eigenvalue weighted by atomic mass is 16.5. The summed E-state index contributed by atoms with van der Waals surface area (Å²) >= 11 is 0. The lowest BCUT2D eigenvalue weighted by molar-refractivity contribution is 0.0801. The van der Waals surface area contributed by atoms with E-state index < -0.39 is 6.10 Å². The molecule has 1 aromatic heterocycles. The average molecular weight is 490 g/mol. The number of aliphatic hydroxyl groups is 2. The lowest BCUT2D eigenvalue weighted by Gasteiger charge is -2.30. The van der Waals surface area contributed by atoms with Gasteiger partial charge in [0.15, 0.2) is 0 Å². The molecule has 10 nitrogen and oxygen atoms in total. The summed E-state index contributed by atoms with van der Waals surface area (Å²) in [6.45, 7) is 6.01. The van der Waals surface area contributed by atoms with Crippen LogP contribution in [0.4, 0.5) is 5.95 Å². The summed E-state index contributed by atoms with van der Waals surface area (Å²) in [5, 5.41) is 25.0. The number of rotatable bonds is 12. The van der Waals surface area contributed by atoms with Crippen molar-refractivity contribution < 1.29 is 24.3 Å². The van der Waals surface area contributed by atoms with Gasteiger partial charge in [0.25, 0.3) is 11.9 Å². The van der Waals surface area contributed by atoms with Crippen molar-refractivity contribution in [2.45, 2.75) is 51.7 Å². The molecule has 2 unspecified atom stereocenters. The smallest absolute Gasteiger partial charge is 0.266 e. The van der Waals surface area contributed by atoms with Crippen LogP contribution in [-0.4, -0.2) is 84.2 Å². The fraction of sp³-hybridized carbons (Fsp3) is 0.640. The number of hydrogen-bond acceptors (Lipinski definition) is 9. The van der Waals surface area contributed by atoms with Crippen molar-refractivity contribution in [3.63, 3.8) is 0 Å². The van der Waals surface area contributed by atoms with E-state index in [4.69, 9.17) is 14.4 Å². The van der Waals surface area contributed by atoms with Crippen LogP contribution in [0.5, 0.6) is 5.75 Å². The zero-order valence-electron chi connectivity index (χ0n) is 21.2. The highest BCUT2D eigenvalue weighted by Gasteiger charge is 2.24. The number of nitrogens with one attached hydrogen (secondary N) is 1. The number of aryl methyl sites for hydroxylation is 1. The monoisotopic (exact) mass is 489 g/mol. The first-order chi connectivity index (χ1) is 16.8. The van der Waals surface area contributed by atoms with E-state index in [0.717, 1.165) is 50.1 Å². The van der Waals surface area contributed by atoms with Gasteiger partial charge in [0.1, 0.15) is 5.75 Å². The summed E-state index contributed by atoms with van der Waals surface area (Å²) in [7, 11) is 3.99. The van der Waals surface area contributed by atoms with Crippen LogP contribution in [0.15, 0.2) is 22.7 Å². The van der Waals surface area contributed by atoms with Crippen LogP contribution in [0.25, 0.3) is 0 Å². The molecule has 3 N–H and O–H groups in total. The number of carbonyl (C=O) groups excluding carboxylic acids is 1. The first-order valence-electron chi connectivity index (χ1n) is 12.3. The zero-order valence-corrected chi connectivity index (χ0v) is 21.2. The van der Waals surface area contributed by atoms with E-state index in [-0.39, 0.29) is 25.1 Å². The minimum atomic E-state index is -0.960. The topological polar surface area (TPSA) is 124 Å². The fourth-order valence-electron chi connectivity index (χ4n) is 4.08. The Morgan fingerprint density at radius 3 is 2.74 bits per heavy atom. The minimum absolute atomic E-state index is 0.0117. The molecule has 1 aromatic carbocycles. The van der Waals surface area contributed by atoms with Crippen molar-refractivity contribution in [2.24, 2.45) is 5.92 Å². The van der Waals surface area contributed by atoms with Gasteiger partial charge >= 0.3 is 0 Å². The van der Waals surface area contributed by atoms with Crippen LogP contribution in [0.2, 0.25) is 0 Å². The number of amides is 1. The number of aliphatic hydroxyl groups excluding tert-OH is 2. The molecule has 35 heavy (non-hydrogen) atoms. The molecule has 2 aromatic rings. The molecule has 10 heteroatoms. The second-order valence-corrected chi connectivity index (χ2v) is 9.52. The maximum atomic E-state index is 12.2. The summed E-state index contributed by atoms with van der Waals surface area (Å²) in [4.78, 5) is 21.1. The quantitative estimate of drug-likeness (QED) is 0.385. The molecule has 194 valence electrons. The Morgan fingerprint density at radius 2 is 2.09 bits per heavy atom. The highest BCUT2D eigenvalue weighted by Crippen LogP contribution is 2.26. The Balaban J connectivity index is 1.36.